The Kier molecular flexibility index (Phi) is 5.86. The maximum atomic E-state index is 12.5. The monoisotopic (exact) mass is 388 g/mol. The van der Waals surface area contributed by atoms with Gasteiger partial charge in [0.1, 0.15) is 23.2 Å². The normalized spacial score (nSPS) is 26.0. The zero-order valence-electron chi connectivity index (χ0n) is 16.1. The summed E-state index contributed by atoms with van der Waals surface area (Å²) < 4.78 is 22.0. The van der Waals surface area contributed by atoms with Crippen molar-refractivity contribution in [3.05, 3.63) is 41.5 Å². The molecule has 1 fully saturated rings. The van der Waals surface area contributed by atoms with Crippen LogP contribution in [0.3, 0.4) is 0 Å². The molecule has 1 aromatic carbocycles. The van der Waals surface area contributed by atoms with Gasteiger partial charge in [-0.3, -0.25) is 4.79 Å². The average molecular weight is 388 g/mol. The van der Waals surface area contributed by atoms with Crippen LogP contribution in [-0.2, 0) is 19.0 Å². The number of hydrogen-bond acceptors (Lipinski definition) is 7. The van der Waals surface area contributed by atoms with E-state index < -0.39 is 24.0 Å². The van der Waals surface area contributed by atoms with Crippen molar-refractivity contribution in [1.29, 1.82) is 0 Å². The highest BCUT2D eigenvalue weighted by atomic mass is 16.8. The Morgan fingerprint density at radius 2 is 1.93 bits per heavy atom. The number of cyclic esters (lactones) is 1. The van der Waals surface area contributed by atoms with Gasteiger partial charge in [0.05, 0.1) is 19.8 Å². The zero-order chi connectivity index (χ0) is 20.3. The molecule has 7 heteroatoms. The molecule has 2 atom stereocenters. The van der Waals surface area contributed by atoms with Crippen LogP contribution in [-0.4, -0.2) is 48.6 Å². The number of phenolic OH excluding ortho intramolecular Hbond substituents is 1. The topological polar surface area (TPSA) is 91.3 Å². The fourth-order valence-electron chi connectivity index (χ4n) is 3.26. The number of ether oxygens (including phenoxy) is 4. The molecule has 1 N–H and O–H groups in total. The molecule has 3 rings (SSSR count). The van der Waals surface area contributed by atoms with Crippen LogP contribution in [0, 0.1) is 0 Å². The molecule has 0 amide bonds. The van der Waals surface area contributed by atoms with Gasteiger partial charge in [-0.1, -0.05) is 18.2 Å². The standard InChI is InChI=1S/C21H24O7/c1-21(2)27-17-9-6-7-13-11-14(25-3)12-16(23)18(13)20(24)26-10-5-4-8-15(22)19(17)28-21/h4,6-8,11-12,17,19,23H,5,9-10H2,1-3H3/b7-6+,8-4?/t17-,19+/m0/s1. The van der Waals surface area contributed by atoms with Crippen LogP contribution in [0.15, 0.2) is 30.4 Å². The summed E-state index contributed by atoms with van der Waals surface area (Å²) in [5.41, 5.74) is 0.519. The first kappa shape index (κ1) is 20.1. The maximum Gasteiger partial charge on any atom is 0.342 e. The number of esters is 1. The van der Waals surface area contributed by atoms with Crippen LogP contribution in [0.4, 0.5) is 0 Å². The van der Waals surface area contributed by atoms with E-state index in [4.69, 9.17) is 18.9 Å². The lowest BCUT2D eigenvalue weighted by Gasteiger charge is -2.16. The fourth-order valence-corrected chi connectivity index (χ4v) is 3.26. The van der Waals surface area contributed by atoms with E-state index in [1.807, 2.05) is 0 Å². The molecule has 1 saturated heterocycles. The summed E-state index contributed by atoms with van der Waals surface area (Å²) in [7, 11) is 1.47. The van der Waals surface area contributed by atoms with Crippen LogP contribution >= 0.6 is 0 Å². The number of methoxy groups -OCH3 is 1. The van der Waals surface area contributed by atoms with Crippen molar-refractivity contribution in [3.8, 4) is 11.5 Å². The molecule has 0 radical (unpaired) electrons. The molecule has 1 aromatic rings. The van der Waals surface area contributed by atoms with E-state index in [1.165, 1.54) is 19.3 Å². The van der Waals surface area contributed by atoms with Crippen LogP contribution in [0.25, 0.3) is 6.08 Å². The molecule has 0 bridgehead atoms. The third-order valence-electron chi connectivity index (χ3n) is 4.49. The molecule has 28 heavy (non-hydrogen) atoms. The van der Waals surface area contributed by atoms with Crippen LogP contribution in [0.2, 0.25) is 0 Å². The number of aromatic hydroxyl groups is 1. The third kappa shape index (κ3) is 4.43. The maximum absolute atomic E-state index is 12.5. The summed E-state index contributed by atoms with van der Waals surface area (Å²) in [6.07, 6.45) is 6.11. The fraction of sp³-hybridized carbons (Fsp3) is 0.429. The quantitative estimate of drug-likeness (QED) is 0.740. The Morgan fingerprint density at radius 3 is 2.68 bits per heavy atom. The second-order valence-corrected chi connectivity index (χ2v) is 7.07. The summed E-state index contributed by atoms with van der Waals surface area (Å²) in [6, 6.07) is 3.00. The lowest BCUT2D eigenvalue weighted by atomic mass is 10.0. The third-order valence-corrected chi connectivity index (χ3v) is 4.49. The van der Waals surface area contributed by atoms with Gasteiger partial charge in [-0.15, -0.1) is 0 Å². The highest BCUT2D eigenvalue weighted by Gasteiger charge is 2.43. The van der Waals surface area contributed by atoms with Crippen molar-refractivity contribution >= 4 is 17.8 Å². The van der Waals surface area contributed by atoms with Crippen molar-refractivity contribution in [2.75, 3.05) is 13.7 Å². The highest BCUT2D eigenvalue weighted by molar-refractivity contribution is 5.97. The minimum Gasteiger partial charge on any atom is -0.507 e. The molecule has 0 spiro atoms. The van der Waals surface area contributed by atoms with Crippen molar-refractivity contribution in [2.24, 2.45) is 0 Å². The first-order valence-corrected chi connectivity index (χ1v) is 9.11. The summed E-state index contributed by atoms with van der Waals surface area (Å²) in [5.74, 6) is -1.50. The van der Waals surface area contributed by atoms with Crippen LogP contribution in [0.5, 0.6) is 11.5 Å². The van der Waals surface area contributed by atoms with Gasteiger partial charge in [0.25, 0.3) is 0 Å². The van der Waals surface area contributed by atoms with Crippen molar-refractivity contribution in [2.45, 2.75) is 44.7 Å². The Hall–Kier alpha value is -2.64. The summed E-state index contributed by atoms with van der Waals surface area (Å²) in [4.78, 5) is 24.9. The number of carbonyl (C=O) groups is 2. The van der Waals surface area contributed by atoms with Crippen molar-refractivity contribution in [1.82, 2.24) is 0 Å². The van der Waals surface area contributed by atoms with Crippen molar-refractivity contribution < 1.29 is 33.6 Å². The van der Waals surface area contributed by atoms with Crippen molar-refractivity contribution in [3.63, 3.8) is 0 Å². The number of fused-ring (bicyclic) bond motifs is 2. The van der Waals surface area contributed by atoms with Crippen LogP contribution in [0.1, 0.15) is 42.6 Å². The number of hydrogen-bond donors (Lipinski definition) is 1. The molecule has 0 aliphatic carbocycles. The van der Waals surface area contributed by atoms with E-state index in [9.17, 15) is 14.7 Å². The van der Waals surface area contributed by atoms with Gasteiger partial charge < -0.3 is 24.1 Å². The second kappa shape index (κ2) is 8.16. The van der Waals surface area contributed by atoms with E-state index in [-0.39, 0.29) is 23.7 Å². The minimum absolute atomic E-state index is 0.0645. The molecule has 2 aliphatic heterocycles. The predicted octanol–water partition coefficient (Wildman–Crippen LogP) is 3.01. The van der Waals surface area contributed by atoms with Gasteiger partial charge in [0, 0.05) is 6.07 Å². The summed E-state index contributed by atoms with van der Waals surface area (Å²) >= 11 is 0. The first-order valence-electron chi connectivity index (χ1n) is 9.11. The lowest BCUT2D eigenvalue weighted by molar-refractivity contribution is -0.152. The van der Waals surface area contributed by atoms with Gasteiger partial charge in [0.15, 0.2) is 11.6 Å². The smallest absolute Gasteiger partial charge is 0.342 e. The molecular formula is C21H24O7. The zero-order valence-corrected chi connectivity index (χ0v) is 16.1. The number of carbonyl (C=O) groups excluding carboxylic acids is 2. The molecule has 7 nitrogen and oxygen atoms in total. The largest absolute Gasteiger partial charge is 0.507 e. The molecule has 2 heterocycles. The average Bonchev–Trinajstić information content (AvgIpc) is 2.94. The number of phenols is 1. The van der Waals surface area contributed by atoms with E-state index >= 15 is 0 Å². The van der Waals surface area contributed by atoms with Crippen LogP contribution < -0.4 is 4.74 Å². The summed E-state index contributed by atoms with van der Waals surface area (Å²) in [6.45, 7) is 3.60. The number of benzene rings is 1. The van der Waals surface area contributed by atoms with Gasteiger partial charge in [-0.05, 0) is 44.4 Å². The van der Waals surface area contributed by atoms with E-state index in [2.05, 4.69) is 0 Å². The molecule has 0 saturated carbocycles. The predicted molar refractivity (Wildman–Crippen MR) is 101 cm³/mol. The summed E-state index contributed by atoms with van der Waals surface area (Å²) in [5, 5.41) is 10.3. The van der Waals surface area contributed by atoms with Gasteiger partial charge in [-0.25, -0.2) is 4.79 Å². The Morgan fingerprint density at radius 1 is 1.14 bits per heavy atom. The molecular weight excluding hydrogens is 364 g/mol. The second-order valence-electron chi connectivity index (χ2n) is 7.07. The molecule has 2 aliphatic rings. The minimum atomic E-state index is -0.862. The van der Waals surface area contributed by atoms with E-state index in [0.29, 0.717) is 24.2 Å². The first-order chi connectivity index (χ1) is 13.3. The van der Waals surface area contributed by atoms with Gasteiger partial charge in [0.2, 0.25) is 0 Å². The molecule has 150 valence electrons. The highest BCUT2D eigenvalue weighted by Crippen LogP contribution is 2.33. The van der Waals surface area contributed by atoms with Gasteiger partial charge >= 0.3 is 5.97 Å². The van der Waals surface area contributed by atoms with Gasteiger partial charge in [-0.2, -0.15) is 0 Å². The number of rotatable bonds is 1. The molecule has 0 unspecified atom stereocenters. The van der Waals surface area contributed by atoms with E-state index in [1.54, 1.807) is 38.1 Å². The number of ketones is 1. The Bertz CT molecular complexity index is 822. The van der Waals surface area contributed by atoms with E-state index in [0.717, 1.165) is 0 Å². The lowest BCUT2D eigenvalue weighted by Crippen LogP contribution is -2.30. The Balaban J connectivity index is 1.97. The Labute approximate surface area is 163 Å². The SMILES string of the molecule is COc1cc(O)c2c(c1)/C=C/C[C@@H]1OC(C)(C)O[C@@H]1C(=O)C=CCCOC2=O. The molecule has 0 aromatic heterocycles.